The van der Waals surface area contributed by atoms with Crippen LogP contribution in [-0.2, 0) is 4.74 Å². The van der Waals surface area contributed by atoms with Crippen LogP contribution in [0.15, 0.2) is 0 Å². The lowest BCUT2D eigenvalue weighted by Crippen LogP contribution is -2.45. The number of carbonyl (C=O) groups excluding carboxylic acids is 1. The summed E-state index contributed by atoms with van der Waals surface area (Å²) in [7, 11) is 0. The van der Waals surface area contributed by atoms with Crippen molar-refractivity contribution in [1.82, 2.24) is 10.6 Å². The maximum absolute atomic E-state index is 11.9. The summed E-state index contributed by atoms with van der Waals surface area (Å²) < 4.78 is 5.37. The summed E-state index contributed by atoms with van der Waals surface area (Å²) in [6.45, 7) is 7.66. The highest BCUT2D eigenvalue weighted by atomic mass is 16.6. The Morgan fingerprint density at radius 2 is 1.82 bits per heavy atom. The predicted octanol–water partition coefficient (Wildman–Crippen LogP) is 3.85. The Bertz CT molecular complexity index is 341. The Hall–Kier alpha value is -0.770. The van der Waals surface area contributed by atoms with E-state index in [0.29, 0.717) is 5.92 Å². The van der Waals surface area contributed by atoms with Gasteiger partial charge in [0.25, 0.3) is 0 Å². The van der Waals surface area contributed by atoms with E-state index in [1.807, 2.05) is 20.8 Å². The van der Waals surface area contributed by atoms with E-state index in [4.69, 9.17) is 4.74 Å². The molecule has 22 heavy (non-hydrogen) atoms. The number of carbonyl (C=O) groups is 1. The van der Waals surface area contributed by atoms with E-state index < -0.39 is 5.60 Å². The molecule has 0 aliphatic heterocycles. The van der Waals surface area contributed by atoms with Crippen molar-refractivity contribution in [2.75, 3.05) is 13.1 Å². The fraction of sp³-hybridized carbons (Fsp3) is 0.944. The lowest BCUT2D eigenvalue weighted by Gasteiger charge is -2.25. The number of rotatable bonds is 7. The second-order valence-electron chi connectivity index (χ2n) is 8.09. The number of ether oxygens (including phenoxy) is 1. The van der Waals surface area contributed by atoms with Crippen molar-refractivity contribution in [3.8, 4) is 0 Å². The summed E-state index contributed by atoms with van der Waals surface area (Å²) >= 11 is 0. The molecular weight excluding hydrogens is 276 g/mol. The van der Waals surface area contributed by atoms with Gasteiger partial charge in [-0.1, -0.05) is 32.1 Å². The SMILES string of the molecule is CC(C)(C)OC(=O)NC(CNCCC1CCCCC1)C1CC1. The second kappa shape index (κ2) is 8.19. The van der Waals surface area contributed by atoms with Crippen LogP contribution < -0.4 is 10.6 Å². The van der Waals surface area contributed by atoms with Crippen LogP contribution in [0.5, 0.6) is 0 Å². The second-order valence-corrected chi connectivity index (χ2v) is 8.09. The molecule has 0 saturated heterocycles. The highest BCUT2D eigenvalue weighted by Crippen LogP contribution is 2.32. The van der Waals surface area contributed by atoms with Crippen LogP contribution in [0, 0.1) is 11.8 Å². The van der Waals surface area contributed by atoms with Gasteiger partial charge in [0.1, 0.15) is 5.60 Å². The van der Waals surface area contributed by atoms with Gasteiger partial charge < -0.3 is 15.4 Å². The minimum absolute atomic E-state index is 0.223. The molecule has 2 N–H and O–H groups in total. The molecular formula is C18H34N2O2. The maximum Gasteiger partial charge on any atom is 0.407 e. The molecule has 0 spiro atoms. The smallest absolute Gasteiger partial charge is 0.407 e. The molecule has 2 saturated carbocycles. The number of alkyl carbamates (subject to hydrolysis) is 1. The predicted molar refractivity (Wildman–Crippen MR) is 89.9 cm³/mol. The number of hydrogen-bond acceptors (Lipinski definition) is 3. The molecule has 0 bridgehead atoms. The van der Waals surface area contributed by atoms with E-state index in [2.05, 4.69) is 10.6 Å². The van der Waals surface area contributed by atoms with Gasteiger partial charge in [0.05, 0.1) is 0 Å². The van der Waals surface area contributed by atoms with Crippen LogP contribution in [-0.4, -0.2) is 30.8 Å². The molecule has 1 unspecified atom stereocenters. The van der Waals surface area contributed by atoms with Gasteiger partial charge in [0.2, 0.25) is 0 Å². The van der Waals surface area contributed by atoms with Gasteiger partial charge in [-0.15, -0.1) is 0 Å². The molecule has 0 heterocycles. The average molecular weight is 310 g/mol. The van der Waals surface area contributed by atoms with Crippen molar-refractivity contribution in [3.05, 3.63) is 0 Å². The molecule has 2 aliphatic carbocycles. The van der Waals surface area contributed by atoms with E-state index >= 15 is 0 Å². The zero-order valence-corrected chi connectivity index (χ0v) is 14.6. The maximum atomic E-state index is 11.9. The van der Waals surface area contributed by atoms with Crippen LogP contribution in [0.3, 0.4) is 0 Å². The van der Waals surface area contributed by atoms with E-state index in [-0.39, 0.29) is 12.1 Å². The van der Waals surface area contributed by atoms with E-state index in [9.17, 15) is 4.79 Å². The van der Waals surface area contributed by atoms with Gasteiger partial charge in [-0.3, -0.25) is 0 Å². The van der Waals surface area contributed by atoms with Gasteiger partial charge in [-0.05, 0) is 58.4 Å². The fourth-order valence-corrected chi connectivity index (χ4v) is 3.33. The summed E-state index contributed by atoms with van der Waals surface area (Å²) in [5.41, 5.74) is -0.424. The van der Waals surface area contributed by atoms with Gasteiger partial charge in [0.15, 0.2) is 0 Å². The first-order chi connectivity index (χ1) is 10.4. The monoisotopic (exact) mass is 310 g/mol. The molecule has 2 aliphatic rings. The summed E-state index contributed by atoms with van der Waals surface area (Å²) in [6.07, 6.45) is 10.5. The Labute approximate surface area is 135 Å². The minimum atomic E-state index is -0.424. The van der Waals surface area contributed by atoms with Gasteiger partial charge in [0, 0.05) is 12.6 Å². The molecule has 0 aromatic rings. The average Bonchev–Trinajstić information content (AvgIpc) is 3.26. The molecule has 128 valence electrons. The summed E-state index contributed by atoms with van der Waals surface area (Å²) in [4.78, 5) is 11.9. The zero-order valence-electron chi connectivity index (χ0n) is 14.6. The third-order valence-corrected chi connectivity index (χ3v) is 4.71. The van der Waals surface area contributed by atoms with Crippen molar-refractivity contribution >= 4 is 6.09 Å². The fourth-order valence-electron chi connectivity index (χ4n) is 3.33. The van der Waals surface area contributed by atoms with E-state index in [0.717, 1.165) is 19.0 Å². The molecule has 4 nitrogen and oxygen atoms in total. The van der Waals surface area contributed by atoms with E-state index in [1.165, 1.54) is 51.4 Å². The third kappa shape index (κ3) is 6.99. The van der Waals surface area contributed by atoms with Gasteiger partial charge in [-0.25, -0.2) is 4.79 Å². The molecule has 1 atom stereocenters. The van der Waals surface area contributed by atoms with Crippen LogP contribution in [0.2, 0.25) is 0 Å². The Morgan fingerprint density at radius 3 is 2.41 bits per heavy atom. The molecule has 0 aromatic heterocycles. The Morgan fingerprint density at radius 1 is 1.14 bits per heavy atom. The van der Waals surface area contributed by atoms with Crippen molar-refractivity contribution in [1.29, 1.82) is 0 Å². The first kappa shape index (κ1) is 17.6. The minimum Gasteiger partial charge on any atom is -0.444 e. The van der Waals surface area contributed by atoms with E-state index in [1.54, 1.807) is 0 Å². The quantitative estimate of drug-likeness (QED) is 0.702. The highest BCUT2D eigenvalue weighted by molar-refractivity contribution is 5.68. The molecule has 2 fully saturated rings. The summed E-state index contributed by atoms with van der Waals surface area (Å²) in [5.74, 6) is 1.55. The topological polar surface area (TPSA) is 50.4 Å². The van der Waals surface area contributed by atoms with Crippen molar-refractivity contribution in [2.24, 2.45) is 11.8 Å². The first-order valence-electron chi connectivity index (χ1n) is 9.14. The third-order valence-electron chi connectivity index (χ3n) is 4.71. The lowest BCUT2D eigenvalue weighted by atomic mass is 9.87. The number of amides is 1. The molecule has 0 radical (unpaired) electrons. The van der Waals surface area contributed by atoms with Crippen LogP contribution >= 0.6 is 0 Å². The molecule has 0 aromatic carbocycles. The van der Waals surface area contributed by atoms with Gasteiger partial charge in [-0.2, -0.15) is 0 Å². The van der Waals surface area contributed by atoms with Crippen molar-refractivity contribution in [3.63, 3.8) is 0 Å². The zero-order chi connectivity index (χ0) is 16.0. The van der Waals surface area contributed by atoms with Gasteiger partial charge >= 0.3 is 6.09 Å². The largest absolute Gasteiger partial charge is 0.444 e. The number of nitrogens with one attached hydrogen (secondary N) is 2. The van der Waals surface area contributed by atoms with Crippen molar-refractivity contribution < 1.29 is 9.53 Å². The summed E-state index contributed by atoms with van der Waals surface area (Å²) in [6, 6.07) is 0.223. The lowest BCUT2D eigenvalue weighted by molar-refractivity contribution is 0.0497. The van der Waals surface area contributed by atoms with Crippen molar-refractivity contribution in [2.45, 2.75) is 83.8 Å². The normalized spacial score (nSPS) is 21.4. The molecule has 1 amide bonds. The number of hydrogen-bond donors (Lipinski definition) is 2. The Kier molecular flexibility index (Phi) is 6.54. The molecule has 4 heteroatoms. The first-order valence-corrected chi connectivity index (χ1v) is 9.14. The Balaban J connectivity index is 1.63. The standard InChI is InChI=1S/C18H34N2O2/c1-18(2,3)22-17(21)20-16(15-9-10-15)13-19-12-11-14-7-5-4-6-8-14/h14-16,19H,4-13H2,1-3H3,(H,20,21). The summed E-state index contributed by atoms with van der Waals surface area (Å²) in [5, 5.41) is 6.60. The highest BCUT2D eigenvalue weighted by Gasteiger charge is 2.33. The van der Waals surface area contributed by atoms with Crippen LogP contribution in [0.4, 0.5) is 4.79 Å². The van der Waals surface area contributed by atoms with Crippen LogP contribution in [0.25, 0.3) is 0 Å². The molecule has 2 rings (SSSR count). The van der Waals surface area contributed by atoms with Crippen LogP contribution in [0.1, 0.15) is 72.1 Å².